The first kappa shape index (κ1) is 17.3. The predicted octanol–water partition coefficient (Wildman–Crippen LogP) is 2.53. The van der Waals surface area contributed by atoms with Gasteiger partial charge in [0, 0.05) is 6.54 Å². The number of ether oxygens (including phenoxy) is 2. The Morgan fingerprint density at radius 3 is 2.61 bits per heavy atom. The van der Waals surface area contributed by atoms with Crippen molar-refractivity contribution in [1.82, 2.24) is 4.90 Å². The van der Waals surface area contributed by atoms with Gasteiger partial charge in [-0.15, -0.1) is 0 Å². The Hall–Kier alpha value is -2.04. The van der Waals surface area contributed by atoms with Crippen molar-refractivity contribution in [1.29, 1.82) is 0 Å². The fourth-order valence-electron chi connectivity index (χ4n) is 2.88. The summed E-state index contributed by atoms with van der Waals surface area (Å²) in [5.41, 5.74) is 1.11. The summed E-state index contributed by atoms with van der Waals surface area (Å²) in [5.74, 6) is -0.563. The van der Waals surface area contributed by atoms with Crippen LogP contribution in [0.1, 0.15) is 39.2 Å². The number of carbonyl (C=O) groups is 2. The highest BCUT2D eigenvalue weighted by atomic mass is 16.5. The van der Waals surface area contributed by atoms with Crippen LogP contribution in [0.2, 0.25) is 0 Å². The highest BCUT2D eigenvalue weighted by molar-refractivity contribution is 6.32. The van der Waals surface area contributed by atoms with Gasteiger partial charge in [0.15, 0.2) is 0 Å². The fraction of sp³-hybridized carbons (Fsp3) is 0.556. The van der Waals surface area contributed by atoms with Crippen molar-refractivity contribution in [2.24, 2.45) is 0 Å². The largest absolute Gasteiger partial charge is 0.491 e. The third kappa shape index (κ3) is 4.03. The minimum absolute atomic E-state index is 0.0200. The van der Waals surface area contributed by atoms with Gasteiger partial charge >= 0.3 is 11.9 Å². The number of benzene rings is 1. The molecule has 0 bridgehead atoms. The number of hydrogen-bond donors (Lipinski definition) is 0. The van der Waals surface area contributed by atoms with Gasteiger partial charge in [0.05, 0.1) is 13.2 Å². The molecule has 2 rings (SSSR count). The molecule has 126 valence electrons. The van der Waals surface area contributed by atoms with E-state index in [4.69, 9.17) is 4.74 Å². The topological polar surface area (TPSA) is 55.8 Å². The highest BCUT2D eigenvalue weighted by Crippen LogP contribution is 2.31. The summed E-state index contributed by atoms with van der Waals surface area (Å²) < 4.78 is 10.5. The average molecular weight is 319 g/mol. The minimum atomic E-state index is -0.813. The SMILES string of the molecule is COC(=O)C(=O)N1CCCC1COc1ccccc1C(C)(C)C. The Labute approximate surface area is 137 Å². The summed E-state index contributed by atoms with van der Waals surface area (Å²) in [6, 6.07) is 7.85. The van der Waals surface area contributed by atoms with Crippen LogP contribution in [-0.2, 0) is 19.7 Å². The van der Waals surface area contributed by atoms with E-state index in [0.29, 0.717) is 13.2 Å². The first-order chi connectivity index (χ1) is 10.8. The van der Waals surface area contributed by atoms with E-state index in [1.165, 1.54) is 7.11 Å². The van der Waals surface area contributed by atoms with Crippen molar-refractivity contribution in [2.45, 2.75) is 45.1 Å². The second-order valence-electron chi connectivity index (χ2n) is 6.84. The van der Waals surface area contributed by atoms with Crippen LogP contribution in [0.4, 0.5) is 0 Å². The Morgan fingerprint density at radius 2 is 1.96 bits per heavy atom. The Morgan fingerprint density at radius 1 is 1.26 bits per heavy atom. The molecule has 1 aromatic carbocycles. The highest BCUT2D eigenvalue weighted by Gasteiger charge is 2.33. The molecule has 0 radical (unpaired) electrons. The van der Waals surface area contributed by atoms with Crippen molar-refractivity contribution < 1.29 is 19.1 Å². The van der Waals surface area contributed by atoms with Gasteiger partial charge in [-0.1, -0.05) is 39.0 Å². The minimum Gasteiger partial charge on any atom is -0.491 e. The van der Waals surface area contributed by atoms with Gasteiger partial charge in [0.25, 0.3) is 0 Å². The van der Waals surface area contributed by atoms with Crippen LogP contribution in [0.15, 0.2) is 24.3 Å². The van der Waals surface area contributed by atoms with Gasteiger partial charge in [0.2, 0.25) is 0 Å². The number of likely N-dealkylation sites (tertiary alicyclic amines) is 1. The van der Waals surface area contributed by atoms with E-state index in [-0.39, 0.29) is 11.5 Å². The van der Waals surface area contributed by atoms with Gasteiger partial charge in [-0.2, -0.15) is 0 Å². The monoisotopic (exact) mass is 319 g/mol. The molecule has 1 amide bonds. The molecule has 0 aliphatic carbocycles. The zero-order chi connectivity index (χ0) is 17.0. The average Bonchev–Trinajstić information content (AvgIpc) is 2.99. The van der Waals surface area contributed by atoms with E-state index in [9.17, 15) is 9.59 Å². The van der Waals surface area contributed by atoms with Gasteiger partial charge in [-0.25, -0.2) is 4.79 Å². The molecule has 23 heavy (non-hydrogen) atoms. The molecule has 1 saturated heterocycles. The van der Waals surface area contributed by atoms with Gasteiger partial charge in [-0.05, 0) is 29.9 Å². The summed E-state index contributed by atoms with van der Waals surface area (Å²) in [5, 5.41) is 0. The van der Waals surface area contributed by atoms with Crippen LogP contribution in [0.5, 0.6) is 5.75 Å². The molecule has 1 fully saturated rings. The molecule has 1 aromatic rings. The van der Waals surface area contributed by atoms with Gasteiger partial charge < -0.3 is 14.4 Å². The Balaban J connectivity index is 2.06. The second kappa shape index (κ2) is 7.02. The summed E-state index contributed by atoms with van der Waals surface area (Å²) in [4.78, 5) is 25.0. The summed E-state index contributed by atoms with van der Waals surface area (Å²) in [6.07, 6.45) is 1.71. The maximum Gasteiger partial charge on any atom is 0.396 e. The lowest BCUT2D eigenvalue weighted by Crippen LogP contribution is -2.43. The lowest BCUT2D eigenvalue weighted by molar-refractivity contribution is -0.158. The van der Waals surface area contributed by atoms with Gasteiger partial charge in [-0.3, -0.25) is 4.79 Å². The van der Waals surface area contributed by atoms with Gasteiger partial charge in [0.1, 0.15) is 12.4 Å². The molecule has 1 aliphatic rings. The summed E-state index contributed by atoms with van der Waals surface area (Å²) in [7, 11) is 1.22. The predicted molar refractivity (Wildman–Crippen MR) is 87.4 cm³/mol. The smallest absolute Gasteiger partial charge is 0.396 e. The van der Waals surface area contributed by atoms with Crippen LogP contribution in [0.3, 0.4) is 0 Å². The molecule has 0 spiro atoms. The maximum atomic E-state index is 12.0. The standard InChI is InChI=1S/C18H25NO4/c1-18(2,3)14-9-5-6-10-15(14)23-12-13-8-7-11-19(13)16(20)17(21)22-4/h5-6,9-10,13H,7-8,11-12H2,1-4H3. The zero-order valence-corrected chi connectivity index (χ0v) is 14.3. The zero-order valence-electron chi connectivity index (χ0n) is 14.3. The normalized spacial score (nSPS) is 17.9. The fourth-order valence-corrected chi connectivity index (χ4v) is 2.88. The van der Waals surface area contributed by atoms with E-state index in [2.05, 4.69) is 31.6 Å². The molecule has 0 aromatic heterocycles. The van der Waals surface area contributed by atoms with Crippen LogP contribution in [0.25, 0.3) is 0 Å². The summed E-state index contributed by atoms with van der Waals surface area (Å²) >= 11 is 0. The Bertz CT molecular complexity index is 577. The quantitative estimate of drug-likeness (QED) is 0.634. The second-order valence-corrected chi connectivity index (χ2v) is 6.84. The Kier molecular flexibility index (Phi) is 5.29. The number of carbonyl (C=O) groups excluding carboxylic acids is 2. The lowest BCUT2D eigenvalue weighted by Gasteiger charge is -2.26. The molecule has 1 unspecified atom stereocenters. The van der Waals surface area contributed by atoms with Crippen molar-refractivity contribution in [3.8, 4) is 5.75 Å². The molecular weight excluding hydrogens is 294 g/mol. The van der Waals surface area contributed by atoms with Crippen LogP contribution in [-0.4, -0.2) is 43.1 Å². The van der Waals surface area contributed by atoms with E-state index >= 15 is 0 Å². The number of hydrogen-bond acceptors (Lipinski definition) is 4. The lowest BCUT2D eigenvalue weighted by atomic mass is 9.86. The van der Waals surface area contributed by atoms with E-state index < -0.39 is 11.9 Å². The number of methoxy groups -OCH3 is 1. The molecule has 1 atom stereocenters. The summed E-state index contributed by atoms with van der Waals surface area (Å²) in [6.45, 7) is 7.37. The molecule has 1 heterocycles. The van der Waals surface area contributed by atoms with Crippen molar-refractivity contribution in [3.63, 3.8) is 0 Å². The van der Waals surface area contributed by atoms with E-state index in [0.717, 1.165) is 24.2 Å². The third-order valence-corrected chi connectivity index (χ3v) is 4.12. The number of esters is 1. The molecule has 5 nitrogen and oxygen atoms in total. The molecule has 0 N–H and O–H groups in total. The van der Waals surface area contributed by atoms with Crippen LogP contribution < -0.4 is 4.74 Å². The first-order valence-corrected chi connectivity index (χ1v) is 7.96. The first-order valence-electron chi connectivity index (χ1n) is 7.96. The van der Waals surface area contributed by atoms with Crippen molar-refractivity contribution in [3.05, 3.63) is 29.8 Å². The van der Waals surface area contributed by atoms with Crippen LogP contribution in [0, 0.1) is 0 Å². The third-order valence-electron chi connectivity index (χ3n) is 4.12. The molecule has 0 saturated carbocycles. The van der Waals surface area contributed by atoms with E-state index in [1.807, 2.05) is 18.2 Å². The molecular formula is C18H25NO4. The molecule has 5 heteroatoms. The number of para-hydroxylation sites is 1. The maximum absolute atomic E-state index is 12.0. The van der Waals surface area contributed by atoms with E-state index in [1.54, 1.807) is 4.90 Å². The number of nitrogens with zero attached hydrogens (tertiary/aromatic N) is 1. The van der Waals surface area contributed by atoms with Crippen molar-refractivity contribution in [2.75, 3.05) is 20.3 Å². The van der Waals surface area contributed by atoms with Crippen molar-refractivity contribution >= 4 is 11.9 Å². The number of rotatable bonds is 3. The van der Waals surface area contributed by atoms with Crippen LogP contribution >= 0.6 is 0 Å². The molecule has 1 aliphatic heterocycles. The number of amides is 1.